The minimum atomic E-state index is -0.0406. The average molecular weight is 339 g/mol. The van der Waals surface area contributed by atoms with E-state index in [2.05, 4.69) is 59.2 Å². The number of aromatic nitrogens is 2. The third-order valence-corrected chi connectivity index (χ3v) is 4.47. The summed E-state index contributed by atoms with van der Waals surface area (Å²) in [6, 6.07) is 6.23. The van der Waals surface area contributed by atoms with Gasteiger partial charge in [0.05, 0.1) is 12.4 Å². The summed E-state index contributed by atoms with van der Waals surface area (Å²) in [5, 5.41) is 3.24. The summed E-state index contributed by atoms with van der Waals surface area (Å²) in [7, 11) is 0. The SMILES string of the molecule is CCN1CCN(C(=O)c2cnc(Nc3cc(C)cc(C)c3)cn2)CC1. The van der Waals surface area contributed by atoms with Crippen LogP contribution in [-0.2, 0) is 0 Å². The number of hydrogen-bond donors (Lipinski definition) is 1. The Hall–Kier alpha value is -2.47. The standard InChI is InChI=1S/C19H25N5O/c1-4-23-5-7-24(8-6-23)19(25)17-12-21-18(13-20-17)22-16-10-14(2)9-15(3)11-16/h9-13H,4-8H2,1-3H3,(H,21,22). The van der Waals surface area contributed by atoms with Crippen LogP contribution in [-0.4, -0.2) is 58.4 Å². The van der Waals surface area contributed by atoms with Crippen LogP contribution < -0.4 is 5.32 Å². The molecule has 1 aromatic carbocycles. The quantitative estimate of drug-likeness (QED) is 0.928. The highest BCUT2D eigenvalue weighted by Crippen LogP contribution is 2.18. The molecule has 0 unspecified atom stereocenters. The number of likely N-dealkylation sites (N-methyl/N-ethyl adjacent to an activating group) is 1. The number of amides is 1. The number of nitrogens with zero attached hydrogens (tertiary/aromatic N) is 4. The fraction of sp³-hybridized carbons (Fsp3) is 0.421. The molecule has 6 heteroatoms. The molecule has 0 spiro atoms. The number of benzene rings is 1. The van der Waals surface area contributed by atoms with Crippen molar-refractivity contribution in [3.8, 4) is 0 Å². The largest absolute Gasteiger partial charge is 0.339 e. The highest BCUT2D eigenvalue weighted by Gasteiger charge is 2.22. The van der Waals surface area contributed by atoms with Crippen molar-refractivity contribution in [1.82, 2.24) is 19.8 Å². The van der Waals surface area contributed by atoms with Gasteiger partial charge in [0.1, 0.15) is 11.5 Å². The third kappa shape index (κ3) is 4.33. The fourth-order valence-corrected chi connectivity index (χ4v) is 3.13. The number of anilines is 2. The first-order valence-electron chi connectivity index (χ1n) is 8.74. The lowest BCUT2D eigenvalue weighted by Crippen LogP contribution is -2.48. The molecule has 0 saturated carbocycles. The number of nitrogens with one attached hydrogen (secondary N) is 1. The first kappa shape index (κ1) is 17.4. The Labute approximate surface area is 148 Å². The maximum absolute atomic E-state index is 12.5. The summed E-state index contributed by atoms with van der Waals surface area (Å²) in [6.45, 7) is 10.6. The predicted molar refractivity (Wildman–Crippen MR) is 99.2 cm³/mol. The van der Waals surface area contributed by atoms with Crippen molar-refractivity contribution < 1.29 is 4.79 Å². The Bertz CT molecular complexity index is 716. The summed E-state index contributed by atoms with van der Waals surface area (Å²) < 4.78 is 0. The van der Waals surface area contributed by atoms with E-state index in [9.17, 15) is 4.79 Å². The van der Waals surface area contributed by atoms with Gasteiger partial charge in [-0.1, -0.05) is 13.0 Å². The predicted octanol–water partition coefficient (Wildman–Crippen LogP) is 2.61. The Kier molecular flexibility index (Phi) is 5.28. The molecule has 1 N–H and O–H groups in total. The molecule has 1 amide bonds. The van der Waals surface area contributed by atoms with Gasteiger partial charge < -0.3 is 15.1 Å². The molecule has 1 aliphatic rings. The van der Waals surface area contributed by atoms with Gasteiger partial charge in [0.2, 0.25) is 0 Å². The van der Waals surface area contributed by atoms with Crippen LogP contribution in [0, 0.1) is 13.8 Å². The van der Waals surface area contributed by atoms with E-state index in [1.54, 1.807) is 12.4 Å². The van der Waals surface area contributed by atoms with Crippen LogP contribution in [0.15, 0.2) is 30.6 Å². The monoisotopic (exact) mass is 339 g/mol. The van der Waals surface area contributed by atoms with Crippen LogP contribution in [0.3, 0.4) is 0 Å². The van der Waals surface area contributed by atoms with Gasteiger partial charge in [-0.05, 0) is 43.7 Å². The van der Waals surface area contributed by atoms with Gasteiger partial charge in [-0.2, -0.15) is 0 Å². The first-order chi connectivity index (χ1) is 12.0. The highest BCUT2D eigenvalue weighted by molar-refractivity contribution is 5.92. The molecule has 132 valence electrons. The van der Waals surface area contributed by atoms with Crippen LogP contribution in [0.25, 0.3) is 0 Å². The van der Waals surface area contributed by atoms with Crippen molar-refractivity contribution in [3.05, 3.63) is 47.4 Å². The van der Waals surface area contributed by atoms with Gasteiger partial charge in [0.15, 0.2) is 0 Å². The maximum Gasteiger partial charge on any atom is 0.274 e. The molecule has 0 aliphatic carbocycles. The van der Waals surface area contributed by atoms with Crippen LogP contribution in [0.1, 0.15) is 28.5 Å². The number of carbonyl (C=O) groups excluding carboxylic acids is 1. The van der Waals surface area contributed by atoms with Crippen LogP contribution in [0.5, 0.6) is 0 Å². The number of carbonyl (C=O) groups is 1. The first-order valence-corrected chi connectivity index (χ1v) is 8.74. The number of rotatable bonds is 4. The molecular weight excluding hydrogens is 314 g/mol. The molecule has 25 heavy (non-hydrogen) atoms. The molecule has 0 bridgehead atoms. The molecule has 2 aromatic rings. The van der Waals surface area contributed by atoms with Gasteiger partial charge in [-0.25, -0.2) is 9.97 Å². The van der Waals surface area contributed by atoms with E-state index >= 15 is 0 Å². The Balaban J connectivity index is 1.64. The highest BCUT2D eigenvalue weighted by atomic mass is 16.2. The Morgan fingerprint density at radius 1 is 1.04 bits per heavy atom. The zero-order chi connectivity index (χ0) is 17.8. The number of hydrogen-bond acceptors (Lipinski definition) is 5. The number of piperazine rings is 1. The zero-order valence-corrected chi connectivity index (χ0v) is 15.1. The van der Waals surface area contributed by atoms with Gasteiger partial charge in [-0.15, -0.1) is 0 Å². The van der Waals surface area contributed by atoms with E-state index in [4.69, 9.17) is 0 Å². The van der Waals surface area contributed by atoms with Crippen LogP contribution in [0.4, 0.5) is 11.5 Å². The van der Waals surface area contributed by atoms with Gasteiger partial charge in [-0.3, -0.25) is 4.79 Å². The molecule has 2 heterocycles. The Morgan fingerprint density at radius 3 is 2.28 bits per heavy atom. The summed E-state index contributed by atoms with van der Waals surface area (Å²) in [5.41, 5.74) is 3.75. The molecule has 1 saturated heterocycles. The smallest absolute Gasteiger partial charge is 0.274 e. The van der Waals surface area contributed by atoms with Crippen molar-refractivity contribution in [2.24, 2.45) is 0 Å². The van der Waals surface area contributed by atoms with Crippen molar-refractivity contribution in [1.29, 1.82) is 0 Å². The van der Waals surface area contributed by atoms with E-state index in [-0.39, 0.29) is 5.91 Å². The topological polar surface area (TPSA) is 61.4 Å². The molecular formula is C19H25N5O. The van der Waals surface area contributed by atoms with Crippen molar-refractivity contribution in [2.75, 3.05) is 38.0 Å². The van der Waals surface area contributed by atoms with Crippen molar-refractivity contribution >= 4 is 17.4 Å². The van der Waals surface area contributed by atoms with E-state index in [0.717, 1.165) is 38.4 Å². The second-order valence-corrected chi connectivity index (χ2v) is 6.51. The van der Waals surface area contributed by atoms with E-state index in [1.807, 2.05) is 4.90 Å². The van der Waals surface area contributed by atoms with E-state index in [1.165, 1.54) is 11.1 Å². The lowest BCUT2D eigenvalue weighted by Gasteiger charge is -2.33. The molecule has 1 fully saturated rings. The Morgan fingerprint density at radius 2 is 1.72 bits per heavy atom. The molecule has 0 atom stereocenters. The third-order valence-electron chi connectivity index (χ3n) is 4.47. The van der Waals surface area contributed by atoms with Gasteiger partial charge >= 0.3 is 0 Å². The van der Waals surface area contributed by atoms with Crippen LogP contribution in [0.2, 0.25) is 0 Å². The average Bonchev–Trinajstić information content (AvgIpc) is 2.61. The fourth-order valence-electron chi connectivity index (χ4n) is 3.13. The van der Waals surface area contributed by atoms with Gasteiger partial charge in [0.25, 0.3) is 5.91 Å². The van der Waals surface area contributed by atoms with Gasteiger partial charge in [0, 0.05) is 31.9 Å². The lowest BCUT2D eigenvalue weighted by molar-refractivity contribution is 0.0637. The summed E-state index contributed by atoms with van der Waals surface area (Å²) in [5.74, 6) is 0.596. The molecule has 6 nitrogen and oxygen atoms in total. The minimum absolute atomic E-state index is 0.0406. The summed E-state index contributed by atoms with van der Waals surface area (Å²) in [6.07, 6.45) is 3.17. The van der Waals surface area contributed by atoms with Crippen molar-refractivity contribution in [3.63, 3.8) is 0 Å². The zero-order valence-electron chi connectivity index (χ0n) is 15.1. The normalized spacial score (nSPS) is 15.2. The molecule has 1 aromatic heterocycles. The molecule has 3 rings (SSSR count). The second-order valence-electron chi connectivity index (χ2n) is 6.51. The van der Waals surface area contributed by atoms with Crippen LogP contribution >= 0.6 is 0 Å². The molecule has 1 aliphatic heterocycles. The second kappa shape index (κ2) is 7.61. The summed E-state index contributed by atoms with van der Waals surface area (Å²) in [4.78, 5) is 25.4. The van der Waals surface area contributed by atoms with E-state index < -0.39 is 0 Å². The van der Waals surface area contributed by atoms with Crippen molar-refractivity contribution in [2.45, 2.75) is 20.8 Å². The van der Waals surface area contributed by atoms with E-state index in [0.29, 0.717) is 11.5 Å². The lowest BCUT2D eigenvalue weighted by atomic mass is 10.1. The molecule has 0 radical (unpaired) electrons. The number of aryl methyl sites for hydroxylation is 2. The maximum atomic E-state index is 12.5. The minimum Gasteiger partial charge on any atom is -0.339 e. The summed E-state index contributed by atoms with van der Waals surface area (Å²) >= 11 is 0.